The highest BCUT2D eigenvalue weighted by atomic mass is 35.5. The molecule has 1 N–H and O–H groups in total. The zero-order valence-electron chi connectivity index (χ0n) is 15.8. The summed E-state index contributed by atoms with van der Waals surface area (Å²) in [6.45, 7) is 2.67. The minimum Gasteiger partial charge on any atom is -0.353 e. The first kappa shape index (κ1) is 20.8. The van der Waals surface area contributed by atoms with Gasteiger partial charge in [-0.05, 0) is 49.9 Å². The summed E-state index contributed by atoms with van der Waals surface area (Å²) in [6, 6.07) is 16.0. The van der Waals surface area contributed by atoms with E-state index in [0.717, 1.165) is 5.56 Å². The number of carbonyl (C=O) groups excluding carboxylic acids is 1. The summed E-state index contributed by atoms with van der Waals surface area (Å²) in [5.41, 5.74) is 1.00. The molecular formula is C21H25ClN2O3S. The van der Waals surface area contributed by atoms with Gasteiger partial charge in [0.2, 0.25) is 15.9 Å². The molecule has 5 nitrogen and oxygen atoms in total. The van der Waals surface area contributed by atoms with Gasteiger partial charge >= 0.3 is 0 Å². The molecule has 3 rings (SSSR count). The molecule has 0 aliphatic carbocycles. The third kappa shape index (κ3) is 4.93. The van der Waals surface area contributed by atoms with E-state index in [1.54, 1.807) is 30.3 Å². The quantitative estimate of drug-likeness (QED) is 0.777. The van der Waals surface area contributed by atoms with Crippen molar-refractivity contribution in [3.63, 3.8) is 0 Å². The fraction of sp³-hybridized carbons (Fsp3) is 0.381. The van der Waals surface area contributed by atoms with Crippen LogP contribution in [0.15, 0.2) is 59.5 Å². The minimum atomic E-state index is -3.49. The Bertz CT molecular complexity index is 910. The van der Waals surface area contributed by atoms with Crippen LogP contribution < -0.4 is 5.32 Å². The predicted octanol–water partition coefficient (Wildman–Crippen LogP) is 3.49. The fourth-order valence-electron chi connectivity index (χ4n) is 3.51. The Labute approximate surface area is 171 Å². The van der Waals surface area contributed by atoms with E-state index in [9.17, 15) is 13.2 Å². The van der Waals surface area contributed by atoms with Gasteiger partial charge in [0.25, 0.3) is 0 Å². The lowest BCUT2D eigenvalue weighted by Crippen LogP contribution is -2.45. The summed E-state index contributed by atoms with van der Waals surface area (Å²) in [5.74, 6) is -0.188. The van der Waals surface area contributed by atoms with Crippen molar-refractivity contribution >= 4 is 27.5 Å². The van der Waals surface area contributed by atoms with Crippen molar-refractivity contribution in [1.82, 2.24) is 9.62 Å². The highest BCUT2D eigenvalue weighted by Crippen LogP contribution is 2.24. The Morgan fingerprint density at radius 1 is 1.11 bits per heavy atom. The van der Waals surface area contributed by atoms with Crippen LogP contribution >= 0.6 is 11.6 Å². The topological polar surface area (TPSA) is 66.5 Å². The van der Waals surface area contributed by atoms with Crippen LogP contribution in [-0.2, 0) is 21.2 Å². The van der Waals surface area contributed by atoms with E-state index < -0.39 is 10.0 Å². The maximum atomic E-state index is 12.7. The molecule has 1 aliphatic heterocycles. The third-order valence-electron chi connectivity index (χ3n) is 5.08. The maximum absolute atomic E-state index is 12.7. The lowest BCUT2D eigenvalue weighted by molar-refractivity contribution is -0.126. The SMILES string of the molecule is C[C@H](Cc1ccccc1Cl)NC(=O)C1CCN(S(=O)(=O)c2ccccc2)CC1. The summed E-state index contributed by atoms with van der Waals surface area (Å²) >= 11 is 6.19. The second-order valence-corrected chi connectivity index (χ2v) is 9.54. The van der Waals surface area contributed by atoms with Gasteiger partial charge in [0.05, 0.1) is 4.90 Å². The summed E-state index contributed by atoms with van der Waals surface area (Å²) in [7, 11) is -3.49. The molecule has 2 aromatic carbocycles. The van der Waals surface area contributed by atoms with Gasteiger partial charge in [0.1, 0.15) is 0 Å². The Balaban J connectivity index is 1.53. The van der Waals surface area contributed by atoms with Gasteiger partial charge in [-0.25, -0.2) is 8.42 Å². The molecule has 150 valence electrons. The van der Waals surface area contributed by atoms with Crippen LogP contribution in [0, 0.1) is 5.92 Å². The van der Waals surface area contributed by atoms with Crippen LogP contribution in [0.1, 0.15) is 25.3 Å². The molecule has 0 spiro atoms. The molecule has 0 unspecified atom stereocenters. The van der Waals surface area contributed by atoms with Gasteiger partial charge in [-0.1, -0.05) is 48.0 Å². The molecule has 0 radical (unpaired) electrons. The number of nitrogens with zero attached hydrogens (tertiary/aromatic N) is 1. The number of carbonyl (C=O) groups is 1. The lowest BCUT2D eigenvalue weighted by Gasteiger charge is -2.31. The molecule has 0 saturated carbocycles. The average molecular weight is 421 g/mol. The number of piperidine rings is 1. The van der Waals surface area contributed by atoms with Crippen molar-refractivity contribution < 1.29 is 13.2 Å². The lowest BCUT2D eigenvalue weighted by atomic mass is 9.96. The van der Waals surface area contributed by atoms with Crippen LogP contribution in [0.2, 0.25) is 5.02 Å². The third-order valence-corrected chi connectivity index (χ3v) is 7.36. The van der Waals surface area contributed by atoms with E-state index in [1.807, 2.05) is 31.2 Å². The van der Waals surface area contributed by atoms with Crippen molar-refractivity contribution in [3.05, 3.63) is 65.2 Å². The van der Waals surface area contributed by atoms with E-state index >= 15 is 0 Å². The average Bonchev–Trinajstić information content (AvgIpc) is 2.70. The van der Waals surface area contributed by atoms with Crippen LogP contribution in [0.5, 0.6) is 0 Å². The van der Waals surface area contributed by atoms with Crippen molar-refractivity contribution in [3.8, 4) is 0 Å². The Morgan fingerprint density at radius 2 is 1.71 bits per heavy atom. The highest BCUT2D eigenvalue weighted by Gasteiger charge is 2.32. The second-order valence-electron chi connectivity index (χ2n) is 7.20. The number of halogens is 1. The Hall–Kier alpha value is -1.89. The summed E-state index contributed by atoms with van der Waals surface area (Å²) in [6.07, 6.45) is 1.71. The van der Waals surface area contributed by atoms with E-state index in [2.05, 4.69) is 5.32 Å². The van der Waals surface area contributed by atoms with E-state index in [-0.39, 0.29) is 17.9 Å². The van der Waals surface area contributed by atoms with Gasteiger partial charge in [0, 0.05) is 30.1 Å². The number of nitrogens with one attached hydrogen (secondary N) is 1. The minimum absolute atomic E-state index is 0.0173. The number of sulfonamides is 1. The van der Waals surface area contributed by atoms with Gasteiger partial charge in [-0.2, -0.15) is 4.31 Å². The normalized spacial score (nSPS) is 17.2. The molecule has 0 bridgehead atoms. The maximum Gasteiger partial charge on any atom is 0.243 e. The molecular weight excluding hydrogens is 396 g/mol. The van der Waals surface area contributed by atoms with Crippen molar-refractivity contribution in [2.75, 3.05) is 13.1 Å². The molecule has 7 heteroatoms. The largest absolute Gasteiger partial charge is 0.353 e. The Kier molecular flexibility index (Phi) is 6.75. The molecule has 1 fully saturated rings. The molecule has 1 amide bonds. The smallest absolute Gasteiger partial charge is 0.243 e. The number of hydrogen-bond donors (Lipinski definition) is 1. The molecule has 1 atom stereocenters. The van der Waals surface area contributed by atoms with Gasteiger partial charge in [0.15, 0.2) is 0 Å². The first-order valence-corrected chi connectivity index (χ1v) is 11.3. The monoisotopic (exact) mass is 420 g/mol. The van der Waals surface area contributed by atoms with Crippen molar-refractivity contribution in [2.24, 2.45) is 5.92 Å². The number of amides is 1. The molecule has 2 aromatic rings. The first-order chi connectivity index (χ1) is 13.4. The van der Waals surface area contributed by atoms with Crippen LogP contribution in [-0.4, -0.2) is 37.8 Å². The number of hydrogen-bond acceptors (Lipinski definition) is 3. The summed E-state index contributed by atoms with van der Waals surface area (Å²) in [4.78, 5) is 12.9. The van der Waals surface area contributed by atoms with Crippen LogP contribution in [0.25, 0.3) is 0 Å². The van der Waals surface area contributed by atoms with E-state index in [4.69, 9.17) is 11.6 Å². The second kappa shape index (κ2) is 9.07. The molecule has 1 aliphatic rings. The summed E-state index contributed by atoms with van der Waals surface area (Å²) in [5, 5.41) is 3.74. The predicted molar refractivity (Wildman–Crippen MR) is 111 cm³/mol. The van der Waals surface area contributed by atoms with Crippen LogP contribution in [0.3, 0.4) is 0 Å². The number of rotatable bonds is 6. The zero-order chi connectivity index (χ0) is 20.1. The standard InChI is InChI=1S/C21H25ClN2O3S/c1-16(15-18-7-5-6-10-20(18)22)23-21(25)17-11-13-24(14-12-17)28(26,27)19-8-3-2-4-9-19/h2-10,16-17H,11-15H2,1H3,(H,23,25)/t16-/m1/s1. The van der Waals surface area contributed by atoms with Crippen molar-refractivity contribution in [2.45, 2.75) is 37.1 Å². The highest BCUT2D eigenvalue weighted by molar-refractivity contribution is 7.89. The van der Waals surface area contributed by atoms with Gasteiger partial charge in [-0.3, -0.25) is 4.79 Å². The van der Waals surface area contributed by atoms with Gasteiger partial charge < -0.3 is 5.32 Å². The summed E-state index contributed by atoms with van der Waals surface area (Å²) < 4.78 is 26.9. The Morgan fingerprint density at radius 3 is 2.36 bits per heavy atom. The van der Waals surface area contributed by atoms with E-state index in [0.29, 0.717) is 42.3 Å². The van der Waals surface area contributed by atoms with Crippen LogP contribution in [0.4, 0.5) is 0 Å². The fourth-order valence-corrected chi connectivity index (χ4v) is 5.21. The molecule has 1 saturated heterocycles. The first-order valence-electron chi connectivity index (χ1n) is 9.47. The van der Waals surface area contributed by atoms with E-state index in [1.165, 1.54) is 4.31 Å². The molecule has 0 aromatic heterocycles. The van der Waals surface area contributed by atoms with Crippen molar-refractivity contribution in [1.29, 1.82) is 0 Å². The molecule has 28 heavy (non-hydrogen) atoms. The zero-order valence-corrected chi connectivity index (χ0v) is 17.4. The molecule has 1 heterocycles. The number of benzene rings is 2. The van der Waals surface area contributed by atoms with Gasteiger partial charge in [-0.15, -0.1) is 0 Å².